The van der Waals surface area contributed by atoms with E-state index in [-0.39, 0.29) is 12.5 Å². The molecule has 0 fully saturated rings. The third-order valence-electron chi connectivity index (χ3n) is 4.86. The molecule has 0 heterocycles. The van der Waals surface area contributed by atoms with Crippen molar-refractivity contribution in [3.05, 3.63) is 107 Å². The maximum atomic E-state index is 12.1. The first-order valence-corrected chi connectivity index (χ1v) is 10.8. The number of carbonyl (C=O) groups excluding carboxylic acids is 1. The first-order valence-electron chi connectivity index (χ1n) is 10.0. The standard InChI is InChI=1S/C27H19BrN2O2/c28-25-15-19(10-13-26(25)32-18-27(31)30-24-8-2-1-3-9-24)14-23(17-29)22-12-11-20-6-4-5-7-21(20)16-22/h1-16H,18H2,(H,30,31). The molecular formula is C27H19BrN2O2. The Balaban J connectivity index is 1.47. The van der Waals surface area contributed by atoms with E-state index in [2.05, 4.69) is 27.3 Å². The van der Waals surface area contributed by atoms with E-state index in [0.29, 0.717) is 15.8 Å². The zero-order valence-corrected chi connectivity index (χ0v) is 18.7. The maximum Gasteiger partial charge on any atom is 0.262 e. The van der Waals surface area contributed by atoms with Gasteiger partial charge in [0.15, 0.2) is 6.61 Å². The van der Waals surface area contributed by atoms with Crippen LogP contribution in [-0.2, 0) is 4.79 Å². The summed E-state index contributed by atoms with van der Waals surface area (Å²) in [7, 11) is 0. The number of anilines is 1. The number of hydrogen-bond acceptors (Lipinski definition) is 3. The minimum absolute atomic E-state index is 0.108. The van der Waals surface area contributed by atoms with Crippen LogP contribution >= 0.6 is 15.9 Å². The second kappa shape index (κ2) is 9.95. The zero-order chi connectivity index (χ0) is 22.3. The van der Waals surface area contributed by atoms with Gasteiger partial charge in [0.2, 0.25) is 0 Å². The topological polar surface area (TPSA) is 62.1 Å². The van der Waals surface area contributed by atoms with Gasteiger partial charge in [0.25, 0.3) is 5.91 Å². The first-order chi connectivity index (χ1) is 15.6. The number of amides is 1. The van der Waals surface area contributed by atoms with Crippen LogP contribution in [0.25, 0.3) is 22.4 Å². The molecule has 4 aromatic carbocycles. The fourth-order valence-electron chi connectivity index (χ4n) is 3.29. The number of allylic oxidation sites excluding steroid dienone is 1. The molecule has 5 heteroatoms. The Morgan fingerprint density at radius 3 is 2.44 bits per heavy atom. The molecular weight excluding hydrogens is 464 g/mol. The van der Waals surface area contributed by atoms with E-state index in [4.69, 9.17) is 4.74 Å². The Kier molecular flexibility index (Phi) is 6.64. The fraction of sp³-hybridized carbons (Fsp3) is 0.0370. The third kappa shape index (κ3) is 5.23. The predicted molar refractivity (Wildman–Crippen MR) is 132 cm³/mol. The molecule has 4 nitrogen and oxygen atoms in total. The summed E-state index contributed by atoms with van der Waals surface area (Å²) in [5, 5.41) is 14.7. The van der Waals surface area contributed by atoms with Gasteiger partial charge >= 0.3 is 0 Å². The average molecular weight is 483 g/mol. The van der Waals surface area contributed by atoms with Crippen LogP contribution in [0.5, 0.6) is 5.75 Å². The molecule has 156 valence electrons. The number of ether oxygens (including phenoxy) is 1. The van der Waals surface area contributed by atoms with Crippen LogP contribution < -0.4 is 10.1 Å². The smallest absolute Gasteiger partial charge is 0.262 e. The van der Waals surface area contributed by atoms with Crippen LogP contribution in [0.1, 0.15) is 11.1 Å². The van der Waals surface area contributed by atoms with Gasteiger partial charge in [-0.15, -0.1) is 0 Å². The van der Waals surface area contributed by atoms with E-state index < -0.39 is 0 Å². The molecule has 0 aliphatic heterocycles. The molecule has 0 radical (unpaired) electrons. The Morgan fingerprint density at radius 1 is 0.938 bits per heavy atom. The highest BCUT2D eigenvalue weighted by molar-refractivity contribution is 9.10. The summed E-state index contributed by atoms with van der Waals surface area (Å²) in [5.74, 6) is 0.310. The van der Waals surface area contributed by atoms with Crippen LogP contribution in [0.2, 0.25) is 0 Å². The van der Waals surface area contributed by atoms with Crippen molar-refractivity contribution in [3.63, 3.8) is 0 Å². The Bertz CT molecular complexity index is 1340. The van der Waals surface area contributed by atoms with Crippen molar-refractivity contribution in [3.8, 4) is 11.8 Å². The highest BCUT2D eigenvalue weighted by Gasteiger charge is 2.08. The number of benzene rings is 4. The summed E-state index contributed by atoms with van der Waals surface area (Å²) >= 11 is 3.50. The number of fused-ring (bicyclic) bond motifs is 1. The molecule has 0 spiro atoms. The van der Waals surface area contributed by atoms with Gasteiger partial charge in [0, 0.05) is 5.69 Å². The van der Waals surface area contributed by atoms with Crippen molar-refractivity contribution in [2.24, 2.45) is 0 Å². The quantitative estimate of drug-likeness (QED) is 0.246. The largest absolute Gasteiger partial charge is 0.483 e. The number of nitrogens with one attached hydrogen (secondary N) is 1. The van der Waals surface area contributed by atoms with Gasteiger partial charge < -0.3 is 10.1 Å². The molecule has 4 rings (SSSR count). The van der Waals surface area contributed by atoms with E-state index >= 15 is 0 Å². The lowest BCUT2D eigenvalue weighted by Crippen LogP contribution is -2.20. The summed E-state index contributed by atoms with van der Waals surface area (Å²) < 4.78 is 6.35. The van der Waals surface area contributed by atoms with Gasteiger partial charge in [0.1, 0.15) is 5.75 Å². The molecule has 4 aromatic rings. The number of nitrogens with zero attached hydrogens (tertiary/aromatic N) is 1. The van der Waals surface area contributed by atoms with E-state index in [9.17, 15) is 10.1 Å². The minimum atomic E-state index is -0.241. The van der Waals surface area contributed by atoms with E-state index in [0.717, 1.165) is 27.6 Å². The van der Waals surface area contributed by atoms with Crippen LogP contribution in [0.4, 0.5) is 5.69 Å². The summed E-state index contributed by atoms with van der Waals surface area (Å²) in [6.45, 7) is -0.108. The molecule has 1 N–H and O–H groups in total. The third-order valence-corrected chi connectivity index (χ3v) is 5.48. The molecule has 0 unspecified atom stereocenters. The van der Waals surface area contributed by atoms with Gasteiger partial charge in [-0.05, 0) is 74.2 Å². The molecule has 0 aromatic heterocycles. The molecule has 0 bridgehead atoms. The SMILES string of the molecule is N#CC(=Cc1ccc(OCC(=O)Nc2ccccc2)c(Br)c1)c1ccc2ccccc2c1. The lowest BCUT2D eigenvalue weighted by Gasteiger charge is -2.10. The predicted octanol–water partition coefficient (Wildman–Crippen LogP) is 6.68. The number of rotatable bonds is 6. The van der Waals surface area contributed by atoms with Gasteiger partial charge in [-0.2, -0.15) is 5.26 Å². The van der Waals surface area contributed by atoms with E-state index in [1.54, 1.807) is 6.07 Å². The zero-order valence-electron chi connectivity index (χ0n) is 17.1. The van der Waals surface area contributed by atoms with E-state index in [1.165, 1.54) is 0 Å². The lowest BCUT2D eigenvalue weighted by molar-refractivity contribution is -0.118. The van der Waals surface area contributed by atoms with Crippen molar-refractivity contribution in [2.45, 2.75) is 0 Å². The highest BCUT2D eigenvalue weighted by Crippen LogP contribution is 2.29. The van der Waals surface area contributed by atoms with Gasteiger partial charge in [0.05, 0.1) is 16.1 Å². The molecule has 0 saturated carbocycles. The van der Waals surface area contributed by atoms with Crippen molar-refractivity contribution in [1.29, 1.82) is 5.26 Å². The van der Waals surface area contributed by atoms with Crippen molar-refractivity contribution in [2.75, 3.05) is 11.9 Å². The second-order valence-electron chi connectivity index (χ2n) is 7.12. The number of carbonyl (C=O) groups is 1. The Hall–Kier alpha value is -3.88. The van der Waals surface area contributed by atoms with Crippen LogP contribution in [0, 0.1) is 11.3 Å². The number of hydrogen-bond donors (Lipinski definition) is 1. The van der Waals surface area contributed by atoms with Crippen molar-refractivity contribution in [1.82, 2.24) is 0 Å². The van der Waals surface area contributed by atoms with Gasteiger partial charge in [-0.25, -0.2) is 0 Å². The second-order valence-corrected chi connectivity index (χ2v) is 7.98. The van der Waals surface area contributed by atoms with Gasteiger partial charge in [-0.1, -0.05) is 60.7 Å². The van der Waals surface area contributed by atoms with Crippen molar-refractivity contribution < 1.29 is 9.53 Å². The fourth-order valence-corrected chi connectivity index (χ4v) is 3.80. The normalized spacial score (nSPS) is 11.1. The number of nitriles is 1. The maximum absolute atomic E-state index is 12.1. The van der Waals surface area contributed by atoms with Gasteiger partial charge in [-0.3, -0.25) is 4.79 Å². The van der Waals surface area contributed by atoms with Crippen LogP contribution in [0.3, 0.4) is 0 Å². The number of para-hydroxylation sites is 1. The van der Waals surface area contributed by atoms with Crippen LogP contribution in [-0.4, -0.2) is 12.5 Å². The molecule has 0 atom stereocenters. The summed E-state index contributed by atoms with van der Waals surface area (Å²) in [6.07, 6.45) is 1.83. The van der Waals surface area contributed by atoms with Crippen LogP contribution in [0.15, 0.2) is 95.5 Å². The molecule has 1 amide bonds. The Morgan fingerprint density at radius 2 is 1.69 bits per heavy atom. The van der Waals surface area contributed by atoms with E-state index in [1.807, 2.05) is 91.0 Å². The Labute approximate surface area is 194 Å². The molecule has 0 saturated heterocycles. The van der Waals surface area contributed by atoms with Crippen molar-refractivity contribution >= 4 is 49.9 Å². The monoisotopic (exact) mass is 482 g/mol. The molecule has 0 aliphatic carbocycles. The highest BCUT2D eigenvalue weighted by atomic mass is 79.9. The molecule has 0 aliphatic rings. The minimum Gasteiger partial charge on any atom is -0.483 e. The average Bonchev–Trinajstić information content (AvgIpc) is 2.82. The summed E-state index contributed by atoms with van der Waals surface area (Å²) in [5.41, 5.74) is 3.00. The first kappa shape index (κ1) is 21.4. The summed E-state index contributed by atoms with van der Waals surface area (Å²) in [4.78, 5) is 12.1. The lowest BCUT2D eigenvalue weighted by atomic mass is 10.0. The number of halogens is 1. The summed E-state index contributed by atoms with van der Waals surface area (Å²) in [6, 6.07) is 31.1. The molecule has 32 heavy (non-hydrogen) atoms.